The van der Waals surface area contributed by atoms with Crippen molar-refractivity contribution in [1.29, 1.82) is 0 Å². The highest BCUT2D eigenvalue weighted by Gasteiger charge is 2.38. The second-order valence-corrected chi connectivity index (χ2v) is 12.5. The zero-order chi connectivity index (χ0) is 35.9. The highest BCUT2D eigenvalue weighted by Crippen LogP contribution is 2.36. The number of benzene rings is 1. The molecule has 0 saturated heterocycles. The number of hydrogen-bond acceptors (Lipinski definition) is 10. The van der Waals surface area contributed by atoms with Gasteiger partial charge in [-0.05, 0) is 49.2 Å². The molecule has 2 bridgehead atoms. The first-order chi connectivity index (χ1) is 24.5. The smallest absolute Gasteiger partial charge is 0.433 e. The molecule has 0 aliphatic carbocycles. The highest BCUT2D eigenvalue weighted by molar-refractivity contribution is 6.31. The molecule has 4 aromatic heterocycles. The Morgan fingerprint density at radius 2 is 1.82 bits per heavy atom. The Balaban J connectivity index is 1.28. The van der Waals surface area contributed by atoms with Crippen molar-refractivity contribution in [3.8, 4) is 34.1 Å². The second-order valence-electron chi connectivity index (χ2n) is 12.0. The number of rotatable bonds is 5. The minimum atomic E-state index is -4.61. The number of ether oxygens (including phenoxy) is 1. The predicted octanol–water partition coefficient (Wildman–Crippen LogP) is 5.80. The lowest BCUT2D eigenvalue weighted by atomic mass is 9.97. The zero-order valence-electron chi connectivity index (χ0n) is 27.1. The van der Waals surface area contributed by atoms with Crippen molar-refractivity contribution in [3.63, 3.8) is 0 Å². The third-order valence-corrected chi connectivity index (χ3v) is 8.90. The number of allylic oxidation sites excluding steroid dienone is 1. The second kappa shape index (κ2) is 13.5. The van der Waals surface area contributed by atoms with Crippen molar-refractivity contribution in [1.82, 2.24) is 40.3 Å². The Kier molecular flexibility index (Phi) is 8.95. The van der Waals surface area contributed by atoms with Crippen LogP contribution in [-0.2, 0) is 4.79 Å². The van der Waals surface area contributed by atoms with Crippen LogP contribution in [0.4, 0.5) is 24.5 Å². The van der Waals surface area contributed by atoms with Crippen molar-refractivity contribution in [2.24, 2.45) is 5.92 Å². The molecular weight excluding hydrogens is 689 g/mol. The summed E-state index contributed by atoms with van der Waals surface area (Å²) in [6, 6.07) is 12.4. The molecule has 1 aromatic carbocycles. The minimum absolute atomic E-state index is 0.171. The number of aromatic nitrogens is 6. The van der Waals surface area contributed by atoms with E-state index in [2.05, 4.69) is 31.2 Å². The fraction of sp³-hybridized carbons (Fsp3) is 0.235. The topological polar surface area (TPSA) is 144 Å². The largest absolute Gasteiger partial charge is 0.481 e. The molecule has 2 aliphatic rings. The van der Waals surface area contributed by atoms with E-state index in [9.17, 15) is 22.8 Å². The number of fused-ring (bicyclic) bond motifs is 4. The summed E-state index contributed by atoms with van der Waals surface area (Å²) in [5, 5.41) is 9.28. The maximum Gasteiger partial charge on any atom is 0.433 e. The van der Waals surface area contributed by atoms with Crippen molar-refractivity contribution < 1.29 is 22.7 Å². The minimum Gasteiger partial charge on any atom is -0.481 e. The number of carbonyl (C=O) groups excluding carboxylic acids is 1. The van der Waals surface area contributed by atoms with E-state index < -0.39 is 23.5 Å². The number of hydrogen-bond donors (Lipinski definition) is 3. The molecule has 0 fully saturated rings. The molecule has 1 amide bonds. The number of carbonyl (C=O) groups is 1. The first-order valence-corrected chi connectivity index (χ1v) is 16.2. The first kappa shape index (κ1) is 33.7. The van der Waals surface area contributed by atoms with Crippen LogP contribution in [0, 0.1) is 5.92 Å². The summed E-state index contributed by atoms with van der Waals surface area (Å²) in [6.45, 7) is 1.84. The number of nitrogens with zero attached hydrogens (tertiary/aromatic N) is 7. The fourth-order valence-electron chi connectivity index (χ4n) is 5.98. The van der Waals surface area contributed by atoms with E-state index in [0.717, 1.165) is 11.2 Å². The van der Waals surface area contributed by atoms with E-state index in [0.29, 0.717) is 64.1 Å². The van der Waals surface area contributed by atoms with Crippen LogP contribution < -0.4 is 31.6 Å². The summed E-state index contributed by atoms with van der Waals surface area (Å²) in [5.41, 5.74) is 6.88. The van der Waals surface area contributed by atoms with Gasteiger partial charge >= 0.3 is 6.18 Å². The predicted molar refractivity (Wildman–Crippen MR) is 183 cm³/mol. The third-order valence-electron chi connectivity index (χ3n) is 8.66. The first-order valence-electron chi connectivity index (χ1n) is 15.8. The average Bonchev–Trinajstić information content (AvgIpc) is 3.79. The third kappa shape index (κ3) is 6.87. The number of methoxy groups -OCH3 is 1. The molecule has 13 nitrogen and oxygen atoms in total. The maximum absolute atomic E-state index is 13.9. The molecule has 2 aliphatic heterocycles. The molecule has 0 unspecified atom stereocenters. The van der Waals surface area contributed by atoms with Crippen molar-refractivity contribution >= 4 is 28.9 Å². The van der Waals surface area contributed by atoms with Crippen LogP contribution in [0.2, 0.25) is 5.02 Å². The monoisotopic (exact) mass is 718 g/mol. The van der Waals surface area contributed by atoms with Gasteiger partial charge in [-0.3, -0.25) is 29.6 Å². The van der Waals surface area contributed by atoms with Gasteiger partial charge in [0.15, 0.2) is 5.70 Å². The van der Waals surface area contributed by atoms with Gasteiger partial charge in [0.1, 0.15) is 5.69 Å². The van der Waals surface area contributed by atoms with E-state index in [-0.39, 0.29) is 23.2 Å². The van der Waals surface area contributed by atoms with Gasteiger partial charge in [-0.15, -0.1) is 5.53 Å². The van der Waals surface area contributed by atoms with Gasteiger partial charge < -0.3 is 10.1 Å². The number of halogens is 4. The van der Waals surface area contributed by atoms with Gasteiger partial charge in [0.2, 0.25) is 11.8 Å². The molecule has 17 heteroatoms. The Labute approximate surface area is 293 Å². The van der Waals surface area contributed by atoms with Crippen LogP contribution in [-0.4, -0.2) is 48.5 Å². The Morgan fingerprint density at radius 3 is 2.59 bits per heavy atom. The summed E-state index contributed by atoms with van der Waals surface area (Å²) >= 11 is 6.29. The van der Waals surface area contributed by atoms with Gasteiger partial charge in [0, 0.05) is 46.6 Å². The van der Waals surface area contributed by atoms with Crippen molar-refractivity contribution in [2.45, 2.75) is 38.4 Å². The molecule has 0 spiro atoms. The van der Waals surface area contributed by atoms with Crippen molar-refractivity contribution in [3.05, 3.63) is 106 Å². The molecular formula is C34H30ClF3N10O3. The number of pyridine rings is 2. The van der Waals surface area contributed by atoms with Gasteiger partial charge in [-0.25, -0.2) is 14.6 Å². The summed E-state index contributed by atoms with van der Waals surface area (Å²) in [7, 11) is 1.52. The molecule has 51 heavy (non-hydrogen) atoms. The van der Waals surface area contributed by atoms with Gasteiger partial charge in [-0.2, -0.15) is 18.3 Å². The Hall–Kier alpha value is -5.74. The zero-order valence-corrected chi connectivity index (χ0v) is 27.9. The summed E-state index contributed by atoms with van der Waals surface area (Å²) < 4.78 is 48.4. The Bertz CT molecular complexity index is 2220. The van der Waals surface area contributed by atoms with E-state index in [4.69, 9.17) is 21.4 Å². The summed E-state index contributed by atoms with van der Waals surface area (Å²) in [5.74, 6) is -0.125. The van der Waals surface area contributed by atoms with Crippen LogP contribution in [0.1, 0.15) is 37.9 Å². The number of amides is 1. The molecule has 5 aromatic rings. The number of anilines is 2. The lowest BCUT2D eigenvalue weighted by Gasteiger charge is -2.22. The fourth-order valence-corrected chi connectivity index (χ4v) is 6.15. The maximum atomic E-state index is 13.9. The molecule has 0 saturated carbocycles. The quantitative estimate of drug-likeness (QED) is 0.204. The Morgan fingerprint density at radius 1 is 1.00 bits per heavy atom. The van der Waals surface area contributed by atoms with E-state index in [1.807, 2.05) is 13.0 Å². The molecule has 7 rings (SSSR count). The molecule has 2 atom stereocenters. The van der Waals surface area contributed by atoms with E-state index in [1.165, 1.54) is 42.3 Å². The SMILES string of the molecule is COc1cc(-n2cc3c(n2)-c2ccnc(c2)[C@@H](n2cnc(-c4cc(Cl)ccc4N4C=C(C(F)(F)F)NN4)cc2=O)CCC[C@@H](C)C(=O)N3)ccn1. The molecule has 0 radical (unpaired) electrons. The normalized spacial score (nSPS) is 17.8. The molecule has 262 valence electrons. The highest BCUT2D eigenvalue weighted by atomic mass is 35.5. The van der Waals surface area contributed by atoms with Crippen LogP contribution >= 0.6 is 11.6 Å². The molecule has 3 N–H and O–H groups in total. The summed E-state index contributed by atoms with van der Waals surface area (Å²) in [6.07, 6.45) is 4.17. The van der Waals surface area contributed by atoms with Gasteiger partial charge in [0.25, 0.3) is 5.56 Å². The van der Waals surface area contributed by atoms with Gasteiger partial charge in [-0.1, -0.05) is 24.9 Å². The summed E-state index contributed by atoms with van der Waals surface area (Å²) in [4.78, 5) is 40.6. The van der Waals surface area contributed by atoms with Gasteiger partial charge in [0.05, 0.1) is 60.3 Å². The van der Waals surface area contributed by atoms with Crippen LogP contribution in [0.15, 0.2) is 90.1 Å². The number of nitrogens with one attached hydrogen (secondary N) is 3. The van der Waals surface area contributed by atoms with Crippen LogP contribution in [0.25, 0.3) is 28.2 Å². The van der Waals surface area contributed by atoms with Crippen LogP contribution in [0.5, 0.6) is 5.88 Å². The number of alkyl halides is 3. The average molecular weight is 719 g/mol. The van der Waals surface area contributed by atoms with E-state index in [1.54, 1.807) is 41.5 Å². The standard InChI is InChI=1S/C34H30ClF3N10O3/c1-19-4-3-5-28(25-12-20(8-10-39-25)32-26(42-33(19)50)16-47(44-32)22-9-11-40-30(14-22)51-2)46-18-41-24(15-31(46)49)23-13-21(35)6-7-27(23)48-17-29(43-45-48)34(36,37)38/h6-19,28,43,45H,3-5H2,1-2H3,(H,42,50)/t19-,28+/m1/s1. The molecule has 6 heterocycles. The van der Waals surface area contributed by atoms with E-state index >= 15 is 0 Å². The van der Waals surface area contributed by atoms with Crippen molar-refractivity contribution in [2.75, 3.05) is 17.4 Å². The lowest BCUT2D eigenvalue weighted by Crippen LogP contribution is -2.38. The van der Waals surface area contributed by atoms with Crippen LogP contribution in [0.3, 0.4) is 0 Å². The number of hydrazine groups is 2. The lowest BCUT2D eigenvalue weighted by molar-refractivity contribution is -0.119.